The Hall–Kier alpha value is -0.940. The standard InChI is InChI=1S/C11H20N4O/c1-15-6-2-3-10(8-15)7-12-5-4-11-13-9-16-14-11/h9-10,12H,2-8H2,1H3. The van der Waals surface area contributed by atoms with Crippen molar-refractivity contribution in [1.29, 1.82) is 0 Å². The summed E-state index contributed by atoms with van der Waals surface area (Å²) in [6.07, 6.45) is 4.90. The maximum atomic E-state index is 4.68. The first-order valence-electron chi connectivity index (χ1n) is 5.99. The summed E-state index contributed by atoms with van der Waals surface area (Å²) in [5.41, 5.74) is 0. The van der Waals surface area contributed by atoms with Gasteiger partial charge in [0.2, 0.25) is 6.39 Å². The van der Waals surface area contributed by atoms with Gasteiger partial charge >= 0.3 is 0 Å². The molecule has 1 atom stereocenters. The number of likely N-dealkylation sites (tertiary alicyclic amines) is 1. The van der Waals surface area contributed by atoms with E-state index in [9.17, 15) is 0 Å². The Kier molecular flexibility index (Phi) is 4.30. The Balaban J connectivity index is 1.57. The summed E-state index contributed by atoms with van der Waals surface area (Å²) in [4.78, 5) is 6.40. The molecule has 0 aliphatic carbocycles. The number of nitrogens with one attached hydrogen (secondary N) is 1. The molecular weight excluding hydrogens is 204 g/mol. The second-order valence-electron chi connectivity index (χ2n) is 4.57. The van der Waals surface area contributed by atoms with Crippen molar-refractivity contribution in [1.82, 2.24) is 20.4 Å². The average molecular weight is 224 g/mol. The van der Waals surface area contributed by atoms with Crippen LogP contribution in [0.3, 0.4) is 0 Å². The molecule has 0 radical (unpaired) electrons. The second kappa shape index (κ2) is 5.96. The first-order valence-corrected chi connectivity index (χ1v) is 5.99. The van der Waals surface area contributed by atoms with E-state index in [0.29, 0.717) is 0 Å². The molecule has 1 aromatic heterocycles. The highest BCUT2D eigenvalue weighted by Crippen LogP contribution is 2.13. The van der Waals surface area contributed by atoms with Crippen molar-refractivity contribution >= 4 is 0 Å². The Morgan fingerprint density at radius 3 is 3.31 bits per heavy atom. The van der Waals surface area contributed by atoms with Crippen LogP contribution in [0, 0.1) is 5.92 Å². The van der Waals surface area contributed by atoms with Gasteiger partial charge in [0.25, 0.3) is 0 Å². The van der Waals surface area contributed by atoms with Crippen molar-refractivity contribution in [3.8, 4) is 0 Å². The lowest BCUT2D eigenvalue weighted by Crippen LogP contribution is -2.37. The van der Waals surface area contributed by atoms with E-state index in [1.54, 1.807) is 0 Å². The fraction of sp³-hybridized carbons (Fsp3) is 0.818. The molecule has 1 N–H and O–H groups in total. The molecule has 90 valence electrons. The van der Waals surface area contributed by atoms with E-state index < -0.39 is 0 Å². The van der Waals surface area contributed by atoms with Crippen LogP contribution in [0.4, 0.5) is 0 Å². The SMILES string of the molecule is CN1CCCC(CNCCc2ncon2)C1. The van der Waals surface area contributed by atoms with Crippen LogP contribution in [0.25, 0.3) is 0 Å². The molecule has 0 amide bonds. The van der Waals surface area contributed by atoms with Crippen LogP contribution in [-0.2, 0) is 6.42 Å². The van der Waals surface area contributed by atoms with Crippen molar-refractivity contribution in [2.24, 2.45) is 5.92 Å². The number of hydrogen-bond donors (Lipinski definition) is 1. The Labute approximate surface area is 96.2 Å². The smallest absolute Gasteiger partial charge is 0.213 e. The van der Waals surface area contributed by atoms with Gasteiger partial charge in [0.15, 0.2) is 5.82 Å². The van der Waals surface area contributed by atoms with Crippen LogP contribution in [0.2, 0.25) is 0 Å². The number of piperidine rings is 1. The summed E-state index contributed by atoms with van der Waals surface area (Å²) in [5, 5.41) is 7.24. The van der Waals surface area contributed by atoms with E-state index in [0.717, 1.165) is 31.3 Å². The van der Waals surface area contributed by atoms with Crippen molar-refractivity contribution in [3.63, 3.8) is 0 Å². The number of hydrogen-bond acceptors (Lipinski definition) is 5. The normalized spacial score (nSPS) is 22.4. The van der Waals surface area contributed by atoms with Crippen LogP contribution >= 0.6 is 0 Å². The maximum Gasteiger partial charge on any atom is 0.213 e. The zero-order valence-corrected chi connectivity index (χ0v) is 9.85. The maximum absolute atomic E-state index is 4.68. The first kappa shape index (κ1) is 11.5. The van der Waals surface area contributed by atoms with Crippen molar-refractivity contribution in [2.45, 2.75) is 19.3 Å². The van der Waals surface area contributed by atoms with E-state index in [1.165, 1.54) is 32.3 Å². The molecule has 1 aromatic rings. The molecule has 16 heavy (non-hydrogen) atoms. The zero-order valence-electron chi connectivity index (χ0n) is 9.85. The minimum absolute atomic E-state index is 0.785. The summed E-state index contributed by atoms with van der Waals surface area (Å²) < 4.78 is 4.68. The molecule has 1 unspecified atom stereocenters. The molecule has 5 nitrogen and oxygen atoms in total. The van der Waals surface area contributed by atoms with Gasteiger partial charge in [-0.25, -0.2) is 0 Å². The van der Waals surface area contributed by atoms with Crippen molar-refractivity contribution in [3.05, 3.63) is 12.2 Å². The summed E-state index contributed by atoms with van der Waals surface area (Å²) in [7, 11) is 2.20. The molecule has 2 rings (SSSR count). The lowest BCUT2D eigenvalue weighted by atomic mass is 9.98. The third kappa shape index (κ3) is 3.57. The van der Waals surface area contributed by atoms with Gasteiger partial charge in [0, 0.05) is 19.5 Å². The molecule has 1 saturated heterocycles. The highest BCUT2D eigenvalue weighted by Gasteiger charge is 2.16. The molecular formula is C11H20N4O. The van der Waals surface area contributed by atoms with E-state index >= 15 is 0 Å². The molecule has 0 bridgehead atoms. The Morgan fingerprint density at radius 2 is 2.56 bits per heavy atom. The molecule has 5 heteroatoms. The number of nitrogens with zero attached hydrogens (tertiary/aromatic N) is 3. The van der Waals surface area contributed by atoms with Gasteiger partial charge in [-0.15, -0.1) is 0 Å². The minimum Gasteiger partial charge on any atom is -0.343 e. The third-order valence-corrected chi connectivity index (χ3v) is 3.09. The van der Waals surface area contributed by atoms with Crippen LogP contribution in [0.1, 0.15) is 18.7 Å². The van der Waals surface area contributed by atoms with E-state index in [2.05, 4.69) is 31.9 Å². The number of aromatic nitrogens is 2. The van der Waals surface area contributed by atoms with Crippen molar-refractivity contribution < 1.29 is 4.52 Å². The molecule has 0 spiro atoms. The Morgan fingerprint density at radius 1 is 1.62 bits per heavy atom. The second-order valence-corrected chi connectivity index (χ2v) is 4.57. The third-order valence-electron chi connectivity index (χ3n) is 3.09. The Bertz CT molecular complexity index is 288. The van der Waals surface area contributed by atoms with E-state index in [4.69, 9.17) is 0 Å². The molecule has 1 aliphatic rings. The highest BCUT2D eigenvalue weighted by molar-refractivity contribution is 4.79. The topological polar surface area (TPSA) is 54.2 Å². The molecule has 2 heterocycles. The summed E-state index contributed by atoms with van der Waals surface area (Å²) in [6, 6.07) is 0. The quantitative estimate of drug-likeness (QED) is 0.740. The van der Waals surface area contributed by atoms with Crippen LogP contribution < -0.4 is 5.32 Å². The number of rotatable bonds is 5. The molecule has 1 aliphatic heterocycles. The lowest BCUT2D eigenvalue weighted by Gasteiger charge is -2.29. The highest BCUT2D eigenvalue weighted by atomic mass is 16.5. The van der Waals surface area contributed by atoms with Gasteiger partial charge in [0.1, 0.15) is 0 Å². The van der Waals surface area contributed by atoms with Gasteiger partial charge < -0.3 is 14.7 Å². The van der Waals surface area contributed by atoms with E-state index in [-0.39, 0.29) is 0 Å². The average Bonchev–Trinajstić information content (AvgIpc) is 2.77. The van der Waals surface area contributed by atoms with Gasteiger partial charge in [0.05, 0.1) is 0 Å². The monoisotopic (exact) mass is 224 g/mol. The molecule has 0 saturated carbocycles. The predicted molar refractivity (Wildman–Crippen MR) is 61.1 cm³/mol. The van der Waals surface area contributed by atoms with Gasteiger partial charge in [-0.05, 0) is 38.9 Å². The first-order chi connectivity index (χ1) is 7.84. The van der Waals surface area contributed by atoms with Gasteiger partial charge in [-0.1, -0.05) is 5.16 Å². The fourth-order valence-corrected chi connectivity index (χ4v) is 2.25. The largest absolute Gasteiger partial charge is 0.343 e. The fourth-order valence-electron chi connectivity index (χ4n) is 2.25. The van der Waals surface area contributed by atoms with Crippen LogP contribution in [0.15, 0.2) is 10.9 Å². The predicted octanol–water partition coefficient (Wildman–Crippen LogP) is 0.543. The molecule has 1 fully saturated rings. The summed E-state index contributed by atoms with van der Waals surface area (Å²) in [6.45, 7) is 4.50. The van der Waals surface area contributed by atoms with Crippen molar-refractivity contribution in [2.75, 3.05) is 33.2 Å². The summed E-state index contributed by atoms with van der Waals surface area (Å²) in [5.74, 6) is 1.58. The van der Waals surface area contributed by atoms with Crippen LogP contribution in [-0.4, -0.2) is 48.3 Å². The van der Waals surface area contributed by atoms with Crippen LogP contribution in [0.5, 0.6) is 0 Å². The van der Waals surface area contributed by atoms with Gasteiger partial charge in [-0.2, -0.15) is 4.98 Å². The minimum atomic E-state index is 0.785. The van der Waals surface area contributed by atoms with E-state index in [1.807, 2.05) is 0 Å². The molecule has 0 aromatic carbocycles. The van der Waals surface area contributed by atoms with Gasteiger partial charge in [-0.3, -0.25) is 0 Å². The lowest BCUT2D eigenvalue weighted by molar-refractivity contribution is 0.206. The zero-order chi connectivity index (χ0) is 11.2. The summed E-state index contributed by atoms with van der Waals surface area (Å²) >= 11 is 0.